The minimum Gasteiger partial charge on any atom is -0.296 e. The van der Waals surface area contributed by atoms with E-state index in [0.29, 0.717) is 11.4 Å². The largest absolute Gasteiger partial charge is 0.296 e. The summed E-state index contributed by atoms with van der Waals surface area (Å²) in [7, 11) is 0. The van der Waals surface area contributed by atoms with Gasteiger partial charge in [-0.2, -0.15) is 0 Å². The Kier molecular flexibility index (Phi) is 2.26. The summed E-state index contributed by atoms with van der Waals surface area (Å²) in [5.74, 6) is 0. The SMILES string of the molecule is Cc1cn2c(C=O)c(-c3ccccn3)nc2s1. The zero-order chi connectivity index (χ0) is 11.8. The van der Waals surface area contributed by atoms with Gasteiger partial charge >= 0.3 is 0 Å². The van der Waals surface area contributed by atoms with E-state index < -0.39 is 0 Å². The van der Waals surface area contributed by atoms with Crippen molar-refractivity contribution in [3.8, 4) is 11.4 Å². The molecule has 0 saturated heterocycles. The Morgan fingerprint density at radius 1 is 1.41 bits per heavy atom. The molecule has 0 saturated carbocycles. The molecule has 0 aliphatic carbocycles. The van der Waals surface area contributed by atoms with Crippen LogP contribution in [0.3, 0.4) is 0 Å². The summed E-state index contributed by atoms with van der Waals surface area (Å²) in [4.78, 5) is 21.8. The number of thiazole rings is 1. The quantitative estimate of drug-likeness (QED) is 0.650. The highest BCUT2D eigenvalue weighted by Gasteiger charge is 2.15. The average Bonchev–Trinajstić information content (AvgIpc) is 2.85. The predicted octanol–water partition coefficient (Wildman–Crippen LogP) is 2.58. The fourth-order valence-corrected chi connectivity index (χ4v) is 2.61. The average molecular weight is 243 g/mol. The van der Waals surface area contributed by atoms with E-state index in [-0.39, 0.29) is 0 Å². The number of carbonyl (C=O) groups is 1. The maximum absolute atomic E-state index is 11.2. The van der Waals surface area contributed by atoms with Crippen LogP contribution in [0.1, 0.15) is 15.4 Å². The summed E-state index contributed by atoms with van der Waals surface area (Å²) in [6.45, 7) is 1.99. The van der Waals surface area contributed by atoms with E-state index in [0.717, 1.165) is 21.8 Å². The zero-order valence-corrected chi connectivity index (χ0v) is 9.94. The van der Waals surface area contributed by atoms with E-state index >= 15 is 0 Å². The van der Waals surface area contributed by atoms with Crippen LogP contribution in [0.2, 0.25) is 0 Å². The Morgan fingerprint density at radius 3 is 3.00 bits per heavy atom. The summed E-state index contributed by atoms with van der Waals surface area (Å²) in [5.41, 5.74) is 1.93. The normalized spacial score (nSPS) is 10.9. The number of aldehydes is 1. The molecule has 17 heavy (non-hydrogen) atoms. The Bertz CT molecular complexity index is 684. The molecular formula is C12H9N3OS. The van der Waals surface area contributed by atoms with Gasteiger partial charge < -0.3 is 0 Å². The molecule has 0 atom stereocenters. The highest BCUT2D eigenvalue weighted by atomic mass is 32.1. The molecule has 5 heteroatoms. The third kappa shape index (κ3) is 1.55. The summed E-state index contributed by atoms with van der Waals surface area (Å²) >= 11 is 1.56. The zero-order valence-electron chi connectivity index (χ0n) is 9.12. The van der Waals surface area contributed by atoms with E-state index in [1.807, 2.05) is 35.7 Å². The fraction of sp³-hybridized carbons (Fsp3) is 0.0833. The number of aromatic nitrogens is 3. The molecule has 3 aromatic heterocycles. The first kappa shape index (κ1) is 10.2. The molecule has 0 aliphatic heterocycles. The Hall–Kier alpha value is -2.01. The number of carbonyl (C=O) groups excluding carboxylic acids is 1. The number of rotatable bonds is 2. The van der Waals surface area contributed by atoms with Crippen LogP contribution in [0.5, 0.6) is 0 Å². The summed E-state index contributed by atoms with van der Waals surface area (Å²) < 4.78 is 1.82. The second-order valence-electron chi connectivity index (χ2n) is 3.67. The highest BCUT2D eigenvalue weighted by Crippen LogP contribution is 2.25. The molecule has 84 valence electrons. The molecule has 0 aliphatic rings. The van der Waals surface area contributed by atoms with Gasteiger partial charge in [-0.1, -0.05) is 6.07 Å². The van der Waals surface area contributed by atoms with E-state index in [1.165, 1.54) is 0 Å². The minimum absolute atomic E-state index is 0.558. The van der Waals surface area contributed by atoms with Gasteiger partial charge in [-0.3, -0.25) is 14.2 Å². The molecule has 3 rings (SSSR count). The van der Waals surface area contributed by atoms with Gasteiger partial charge in [-0.05, 0) is 19.1 Å². The molecule has 3 heterocycles. The van der Waals surface area contributed by atoms with E-state index in [1.54, 1.807) is 17.5 Å². The lowest BCUT2D eigenvalue weighted by Crippen LogP contribution is -1.91. The molecule has 0 aromatic carbocycles. The van der Waals surface area contributed by atoms with Gasteiger partial charge in [0.2, 0.25) is 0 Å². The molecule has 0 fully saturated rings. The molecule has 0 unspecified atom stereocenters. The standard InChI is InChI=1S/C12H9N3OS/c1-8-6-15-10(7-16)11(14-12(15)17-8)9-4-2-3-5-13-9/h2-7H,1H3. The monoisotopic (exact) mass is 243 g/mol. The molecule has 0 bridgehead atoms. The van der Waals surface area contributed by atoms with Crippen molar-refractivity contribution >= 4 is 22.6 Å². The number of imidazole rings is 1. The van der Waals surface area contributed by atoms with Crippen molar-refractivity contribution in [2.75, 3.05) is 0 Å². The van der Waals surface area contributed by atoms with Gasteiger partial charge in [0.15, 0.2) is 11.2 Å². The van der Waals surface area contributed by atoms with Gasteiger partial charge in [0, 0.05) is 17.3 Å². The number of pyridine rings is 1. The van der Waals surface area contributed by atoms with Crippen LogP contribution in [0.4, 0.5) is 0 Å². The van der Waals surface area contributed by atoms with Crippen LogP contribution >= 0.6 is 11.3 Å². The summed E-state index contributed by atoms with van der Waals surface area (Å²) in [6.07, 6.45) is 4.45. The van der Waals surface area contributed by atoms with Crippen LogP contribution < -0.4 is 0 Å². The molecule has 0 amide bonds. The molecule has 3 aromatic rings. The Labute approximate surface area is 102 Å². The number of nitrogens with zero attached hydrogens (tertiary/aromatic N) is 3. The number of aryl methyl sites for hydroxylation is 1. The first-order valence-corrected chi connectivity index (χ1v) is 5.96. The van der Waals surface area contributed by atoms with Crippen molar-refractivity contribution in [2.45, 2.75) is 6.92 Å². The van der Waals surface area contributed by atoms with Crippen molar-refractivity contribution in [3.63, 3.8) is 0 Å². The number of hydrogen-bond acceptors (Lipinski definition) is 4. The van der Waals surface area contributed by atoms with E-state index in [9.17, 15) is 4.79 Å². The van der Waals surface area contributed by atoms with Crippen LogP contribution in [-0.2, 0) is 0 Å². The number of hydrogen-bond donors (Lipinski definition) is 0. The third-order valence-electron chi connectivity index (χ3n) is 2.50. The fourth-order valence-electron chi connectivity index (χ4n) is 1.78. The minimum atomic E-state index is 0.558. The molecule has 0 spiro atoms. The van der Waals surface area contributed by atoms with Crippen molar-refractivity contribution in [1.29, 1.82) is 0 Å². The van der Waals surface area contributed by atoms with Gasteiger partial charge in [0.25, 0.3) is 0 Å². The van der Waals surface area contributed by atoms with Gasteiger partial charge in [0.05, 0.1) is 5.69 Å². The van der Waals surface area contributed by atoms with Crippen molar-refractivity contribution in [3.05, 3.63) is 41.2 Å². The van der Waals surface area contributed by atoms with Gasteiger partial charge in [-0.25, -0.2) is 4.98 Å². The van der Waals surface area contributed by atoms with E-state index in [2.05, 4.69) is 9.97 Å². The third-order valence-corrected chi connectivity index (χ3v) is 3.40. The highest BCUT2D eigenvalue weighted by molar-refractivity contribution is 7.17. The second kappa shape index (κ2) is 3.78. The lowest BCUT2D eigenvalue weighted by atomic mass is 10.2. The Morgan fingerprint density at radius 2 is 2.29 bits per heavy atom. The maximum Gasteiger partial charge on any atom is 0.195 e. The molecule has 0 N–H and O–H groups in total. The predicted molar refractivity (Wildman–Crippen MR) is 66.4 cm³/mol. The van der Waals surface area contributed by atoms with Crippen molar-refractivity contribution < 1.29 is 4.79 Å². The topological polar surface area (TPSA) is 47.3 Å². The van der Waals surface area contributed by atoms with E-state index in [4.69, 9.17) is 0 Å². The lowest BCUT2D eigenvalue weighted by molar-refractivity contribution is 0.111. The lowest BCUT2D eigenvalue weighted by Gasteiger charge is -1.96. The summed E-state index contributed by atoms with van der Waals surface area (Å²) in [5, 5.41) is 0. The van der Waals surface area contributed by atoms with Crippen LogP contribution in [0.15, 0.2) is 30.6 Å². The van der Waals surface area contributed by atoms with Crippen LogP contribution in [-0.4, -0.2) is 20.7 Å². The molecule has 4 nitrogen and oxygen atoms in total. The smallest absolute Gasteiger partial charge is 0.195 e. The van der Waals surface area contributed by atoms with Gasteiger partial charge in [-0.15, -0.1) is 11.3 Å². The van der Waals surface area contributed by atoms with Crippen LogP contribution in [0.25, 0.3) is 16.3 Å². The molecular weight excluding hydrogens is 234 g/mol. The maximum atomic E-state index is 11.2. The first-order valence-electron chi connectivity index (χ1n) is 5.14. The number of fused-ring (bicyclic) bond motifs is 1. The first-order chi connectivity index (χ1) is 8.29. The van der Waals surface area contributed by atoms with Crippen LogP contribution in [0, 0.1) is 6.92 Å². The van der Waals surface area contributed by atoms with Gasteiger partial charge in [0.1, 0.15) is 11.4 Å². The van der Waals surface area contributed by atoms with Crippen molar-refractivity contribution in [2.24, 2.45) is 0 Å². The molecule has 0 radical (unpaired) electrons. The Balaban J connectivity index is 2.30. The second-order valence-corrected chi connectivity index (χ2v) is 4.89. The summed E-state index contributed by atoms with van der Waals surface area (Å²) in [6, 6.07) is 5.58. The van der Waals surface area contributed by atoms with Crippen molar-refractivity contribution in [1.82, 2.24) is 14.4 Å².